The van der Waals surface area contributed by atoms with Gasteiger partial charge in [-0.3, -0.25) is 0 Å². The molecule has 1 saturated heterocycles. The van der Waals surface area contributed by atoms with Crippen LogP contribution in [0.1, 0.15) is 32.3 Å². The first kappa shape index (κ1) is 15.9. The third kappa shape index (κ3) is 4.01. The predicted molar refractivity (Wildman–Crippen MR) is 82.9 cm³/mol. The molecular formula is C15H21Cl2NO2. The standard InChI is InChI=1S/C15H21Cl2NO2/c1-15(2)5-4-12(20-15)9-19-14-10(8-18-3)6-11(16)7-13(14)17/h6-7,12,18H,4-5,8-9H2,1-3H3. The first-order valence-electron chi connectivity index (χ1n) is 6.84. The SMILES string of the molecule is CNCc1cc(Cl)cc(Cl)c1OCC1CCC(C)(C)O1. The summed E-state index contributed by atoms with van der Waals surface area (Å²) in [5, 5.41) is 4.25. The first-order valence-corrected chi connectivity index (χ1v) is 7.60. The van der Waals surface area contributed by atoms with E-state index in [4.69, 9.17) is 32.7 Å². The summed E-state index contributed by atoms with van der Waals surface area (Å²) < 4.78 is 11.8. The van der Waals surface area contributed by atoms with Crippen LogP contribution in [0.3, 0.4) is 0 Å². The van der Waals surface area contributed by atoms with Crippen LogP contribution in [0.25, 0.3) is 0 Å². The lowest BCUT2D eigenvalue weighted by Gasteiger charge is -2.20. The second-order valence-electron chi connectivity index (χ2n) is 5.76. The Morgan fingerprint density at radius 2 is 2.15 bits per heavy atom. The van der Waals surface area contributed by atoms with Crippen LogP contribution in [0.5, 0.6) is 5.75 Å². The van der Waals surface area contributed by atoms with Crippen molar-refractivity contribution in [2.75, 3.05) is 13.7 Å². The van der Waals surface area contributed by atoms with E-state index in [-0.39, 0.29) is 11.7 Å². The van der Waals surface area contributed by atoms with Gasteiger partial charge < -0.3 is 14.8 Å². The molecule has 1 heterocycles. The largest absolute Gasteiger partial charge is 0.489 e. The molecule has 0 amide bonds. The molecular weight excluding hydrogens is 297 g/mol. The van der Waals surface area contributed by atoms with Crippen molar-refractivity contribution in [3.63, 3.8) is 0 Å². The lowest BCUT2D eigenvalue weighted by Crippen LogP contribution is -2.24. The summed E-state index contributed by atoms with van der Waals surface area (Å²) in [6.07, 6.45) is 2.19. The fourth-order valence-corrected chi connectivity index (χ4v) is 3.06. The van der Waals surface area contributed by atoms with Crippen molar-refractivity contribution in [1.82, 2.24) is 5.32 Å². The molecule has 1 aliphatic heterocycles. The second-order valence-corrected chi connectivity index (χ2v) is 6.60. The van der Waals surface area contributed by atoms with E-state index in [1.807, 2.05) is 13.1 Å². The molecule has 1 aromatic rings. The zero-order valence-electron chi connectivity index (χ0n) is 12.1. The number of benzene rings is 1. The van der Waals surface area contributed by atoms with Crippen molar-refractivity contribution >= 4 is 23.2 Å². The monoisotopic (exact) mass is 317 g/mol. The van der Waals surface area contributed by atoms with Gasteiger partial charge in [0.05, 0.1) is 16.7 Å². The maximum Gasteiger partial charge on any atom is 0.142 e. The number of rotatable bonds is 5. The molecule has 112 valence electrons. The van der Waals surface area contributed by atoms with Gasteiger partial charge in [-0.2, -0.15) is 0 Å². The van der Waals surface area contributed by atoms with Gasteiger partial charge in [-0.25, -0.2) is 0 Å². The highest BCUT2D eigenvalue weighted by molar-refractivity contribution is 6.35. The van der Waals surface area contributed by atoms with Crippen molar-refractivity contribution in [2.24, 2.45) is 0 Å². The molecule has 1 aromatic carbocycles. The van der Waals surface area contributed by atoms with Crippen LogP contribution in [0.15, 0.2) is 12.1 Å². The molecule has 1 N–H and O–H groups in total. The summed E-state index contributed by atoms with van der Waals surface area (Å²) >= 11 is 12.3. The molecule has 0 aromatic heterocycles. The van der Waals surface area contributed by atoms with Gasteiger partial charge in [0.2, 0.25) is 0 Å². The van der Waals surface area contributed by atoms with Crippen molar-refractivity contribution < 1.29 is 9.47 Å². The molecule has 1 unspecified atom stereocenters. The lowest BCUT2D eigenvalue weighted by atomic mass is 10.1. The van der Waals surface area contributed by atoms with Crippen LogP contribution in [-0.4, -0.2) is 25.4 Å². The molecule has 1 fully saturated rings. The van der Waals surface area contributed by atoms with E-state index in [0.29, 0.717) is 28.9 Å². The van der Waals surface area contributed by atoms with Crippen LogP contribution >= 0.6 is 23.2 Å². The van der Waals surface area contributed by atoms with E-state index in [9.17, 15) is 0 Å². The Morgan fingerprint density at radius 3 is 2.75 bits per heavy atom. The Labute approximate surface area is 130 Å². The summed E-state index contributed by atoms with van der Waals surface area (Å²) in [4.78, 5) is 0. The van der Waals surface area contributed by atoms with E-state index in [0.717, 1.165) is 18.4 Å². The summed E-state index contributed by atoms with van der Waals surface area (Å²) in [5.74, 6) is 0.693. The highest BCUT2D eigenvalue weighted by Gasteiger charge is 2.32. The number of nitrogens with one attached hydrogen (secondary N) is 1. The van der Waals surface area contributed by atoms with Gasteiger partial charge in [0.25, 0.3) is 0 Å². The minimum absolute atomic E-state index is 0.0500. The molecule has 0 spiro atoms. The lowest BCUT2D eigenvalue weighted by molar-refractivity contribution is -0.0327. The van der Waals surface area contributed by atoms with E-state index < -0.39 is 0 Å². The van der Waals surface area contributed by atoms with Crippen LogP contribution in [0, 0.1) is 0 Å². The normalized spacial score (nSPS) is 21.1. The molecule has 20 heavy (non-hydrogen) atoms. The zero-order valence-corrected chi connectivity index (χ0v) is 13.6. The van der Waals surface area contributed by atoms with Gasteiger partial charge >= 0.3 is 0 Å². The molecule has 1 aliphatic rings. The van der Waals surface area contributed by atoms with E-state index >= 15 is 0 Å². The van der Waals surface area contributed by atoms with Gasteiger partial charge in [0, 0.05) is 17.1 Å². The third-order valence-electron chi connectivity index (χ3n) is 3.42. The molecule has 0 radical (unpaired) electrons. The van der Waals surface area contributed by atoms with Gasteiger partial charge in [0.15, 0.2) is 0 Å². The summed E-state index contributed by atoms with van der Waals surface area (Å²) in [7, 11) is 1.88. The second kappa shape index (κ2) is 6.52. The molecule has 2 rings (SSSR count). The molecule has 1 atom stereocenters. The molecule has 0 saturated carbocycles. The topological polar surface area (TPSA) is 30.5 Å². The predicted octanol–water partition coefficient (Wildman–Crippen LogP) is 4.05. The Bertz CT molecular complexity index is 477. The van der Waals surface area contributed by atoms with E-state index in [1.54, 1.807) is 6.07 Å². The first-order chi connectivity index (χ1) is 9.41. The summed E-state index contributed by atoms with van der Waals surface area (Å²) in [6.45, 7) is 5.39. The average molecular weight is 318 g/mol. The van der Waals surface area contributed by atoms with Crippen molar-refractivity contribution in [1.29, 1.82) is 0 Å². The third-order valence-corrected chi connectivity index (χ3v) is 3.92. The molecule has 3 nitrogen and oxygen atoms in total. The van der Waals surface area contributed by atoms with Crippen molar-refractivity contribution in [3.05, 3.63) is 27.7 Å². The number of hydrogen-bond acceptors (Lipinski definition) is 3. The highest BCUT2D eigenvalue weighted by Crippen LogP contribution is 2.34. The Balaban J connectivity index is 2.05. The number of halogens is 2. The van der Waals surface area contributed by atoms with E-state index in [1.165, 1.54) is 0 Å². The molecule has 5 heteroatoms. The smallest absolute Gasteiger partial charge is 0.142 e. The fourth-order valence-electron chi connectivity index (χ4n) is 2.47. The van der Waals surface area contributed by atoms with E-state index in [2.05, 4.69) is 19.2 Å². The van der Waals surface area contributed by atoms with Crippen molar-refractivity contribution in [3.8, 4) is 5.75 Å². The van der Waals surface area contributed by atoms with Crippen LogP contribution in [0.2, 0.25) is 10.0 Å². The van der Waals surface area contributed by atoms with Crippen molar-refractivity contribution in [2.45, 2.75) is 44.9 Å². The number of ether oxygens (including phenoxy) is 2. The Hall–Kier alpha value is -0.480. The minimum Gasteiger partial charge on any atom is -0.489 e. The maximum absolute atomic E-state index is 6.23. The molecule has 0 bridgehead atoms. The maximum atomic E-state index is 6.23. The summed E-state index contributed by atoms with van der Waals surface area (Å²) in [5.41, 5.74) is 0.910. The fraction of sp³-hybridized carbons (Fsp3) is 0.600. The minimum atomic E-state index is -0.0500. The van der Waals surface area contributed by atoms with Gasteiger partial charge in [-0.05, 0) is 45.9 Å². The van der Waals surface area contributed by atoms with Crippen LogP contribution in [-0.2, 0) is 11.3 Å². The number of hydrogen-bond donors (Lipinski definition) is 1. The Morgan fingerprint density at radius 1 is 1.40 bits per heavy atom. The summed E-state index contributed by atoms with van der Waals surface area (Å²) in [6, 6.07) is 3.58. The molecule has 0 aliphatic carbocycles. The highest BCUT2D eigenvalue weighted by atomic mass is 35.5. The zero-order chi connectivity index (χ0) is 14.8. The van der Waals surface area contributed by atoms with Gasteiger partial charge in [0.1, 0.15) is 12.4 Å². The quantitative estimate of drug-likeness (QED) is 0.888. The van der Waals surface area contributed by atoms with Gasteiger partial charge in [-0.1, -0.05) is 23.2 Å². The van der Waals surface area contributed by atoms with Crippen LogP contribution in [0.4, 0.5) is 0 Å². The Kier molecular flexibility index (Phi) is 5.19. The average Bonchev–Trinajstić information content (AvgIpc) is 2.68. The van der Waals surface area contributed by atoms with Crippen LogP contribution < -0.4 is 10.1 Å². The van der Waals surface area contributed by atoms with Gasteiger partial charge in [-0.15, -0.1) is 0 Å².